The summed E-state index contributed by atoms with van der Waals surface area (Å²) in [4.78, 5) is 38.2. The Hall–Kier alpha value is -2.86. The number of aliphatic carboxylic acids is 1. The van der Waals surface area contributed by atoms with Gasteiger partial charge in [-0.25, -0.2) is 4.39 Å². The number of rotatable bonds is 9. The molecule has 2 saturated carbocycles. The minimum absolute atomic E-state index is 0.00507. The molecule has 1 aromatic heterocycles. The van der Waals surface area contributed by atoms with Crippen molar-refractivity contribution in [3.05, 3.63) is 45.2 Å². The minimum Gasteiger partial charge on any atom is -0.497 e. The molecule has 42 heavy (non-hydrogen) atoms. The van der Waals surface area contributed by atoms with Crippen molar-refractivity contribution in [1.29, 1.82) is 0 Å². The van der Waals surface area contributed by atoms with Gasteiger partial charge < -0.3 is 15.2 Å². The fourth-order valence-corrected chi connectivity index (χ4v) is 6.60. The second-order valence-corrected chi connectivity index (χ2v) is 12.1. The topological polar surface area (TPSA) is 111 Å². The quantitative estimate of drug-likeness (QED) is 0.225. The number of hydrogen-bond donors (Lipinski definition) is 2. The van der Waals surface area contributed by atoms with Crippen molar-refractivity contribution in [2.45, 2.75) is 88.6 Å². The second-order valence-electron chi connectivity index (χ2n) is 11.3. The van der Waals surface area contributed by atoms with Gasteiger partial charge in [-0.05, 0) is 57.6 Å². The average molecular weight is 636 g/mol. The molecule has 1 atom stereocenters. The minimum atomic E-state index is -4.99. The molecule has 2 aromatic rings. The number of nitrogens with one attached hydrogen (secondary N) is 1. The van der Waals surface area contributed by atoms with Crippen LogP contribution in [0.3, 0.4) is 0 Å². The Balaban J connectivity index is 1.62. The number of aromatic nitrogens is 2. The van der Waals surface area contributed by atoms with Gasteiger partial charge in [-0.1, -0.05) is 36.0 Å². The van der Waals surface area contributed by atoms with Gasteiger partial charge in [0, 0.05) is 6.42 Å². The third kappa shape index (κ3) is 6.39. The first kappa shape index (κ1) is 32.1. The van der Waals surface area contributed by atoms with Gasteiger partial charge in [-0.15, -0.1) is 0 Å². The molecule has 230 valence electrons. The number of hydrogen-bond acceptors (Lipinski definition) is 5. The SMILES string of the molecule is COc1cc(Cl)c(C(=O)CC(NC(=O)c2cnn(C3CCC(C)(C(=O)O)CC3)c2C(F)(F)F)C2(F)CCCC2)c(Cl)c1. The van der Waals surface area contributed by atoms with Gasteiger partial charge >= 0.3 is 12.1 Å². The number of methoxy groups -OCH3 is 1. The van der Waals surface area contributed by atoms with E-state index in [2.05, 4.69) is 10.4 Å². The van der Waals surface area contributed by atoms with E-state index in [0.29, 0.717) is 17.5 Å². The van der Waals surface area contributed by atoms with Crippen LogP contribution in [0.25, 0.3) is 0 Å². The highest BCUT2D eigenvalue weighted by atomic mass is 35.5. The van der Waals surface area contributed by atoms with Crippen molar-refractivity contribution >= 4 is 40.9 Å². The lowest BCUT2D eigenvalue weighted by atomic mass is 9.74. The van der Waals surface area contributed by atoms with E-state index in [9.17, 15) is 32.7 Å². The molecule has 0 bridgehead atoms. The van der Waals surface area contributed by atoms with E-state index >= 15 is 4.39 Å². The van der Waals surface area contributed by atoms with Crippen LogP contribution >= 0.6 is 23.2 Å². The Morgan fingerprint density at radius 2 is 1.71 bits per heavy atom. The van der Waals surface area contributed by atoms with Crippen molar-refractivity contribution in [3.63, 3.8) is 0 Å². The van der Waals surface area contributed by atoms with E-state index in [-0.39, 0.29) is 59.9 Å². The molecule has 1 heterocycles. The number of carboxylic acid groups (broad SMARTS) is 1. The molecule has 1 amide bonds. The van der Waals surface area contributed by atoms with E-state index in [0.717, 1.165) is 6.20 Å². The molecule has 0 radical (unpaired) electrons. The van der Waals surface area contributed by atoms with Crippen LogP contribution in [0, 0.1) is 5.41 Å². The Morgan fingerprint density at radius 3 is 2.21 bits per heavy atom. The Kier molecular flexibility index (Phi) is 9.18. The first-order valence-electron chi connectivity index (χ1n) is 13.5. The summed E-state index contributed by atoms with van der Waals surface area (Å²) in [6.07, 6.45) is -3.35. The average Bonchev–Trinajstić information content (AvgIpc) is 3.56. The third-order valence-electron chi connectivity index (χ3n) is 8.51. The Morgan fingerprint density at radius 1 is 1.14 bits per heavy atom. The highest BCUT2D eigenvalue weighted by Gasteiger charge is 2.47. The fraction of sp³-hybridized carbons (Fsp3) is 0.571. The van der Waals surface area contributed by atoms with Gasteiger partial charge in [0.15, 0.2) is 11.5 Å². The number of carbonyl (C=O) groups excluding carboxylic acids is 2. The zero-order chi connectivity index (χ0) is 31.0. The van der Waals surface area contributed by atoms with Crippen molar-refractivity contribution in [2.75, 3.05) is 7.11 Å². The monoisotopic (exact) mass is 635 g/mol. The summed E-state index contributed by atoms with van der Waals surface area (Å²) in [5, 5.41) is 15.6. The largest absolute Gasteiger partial charge is 0.497 e. The number of halogens is 6. The zero-order valence-electron chi connectivity index (χ0n) is 23.0. The Labute approximate surface area is 249 Å². The van der Waals surface area contributed by atoms with E-state index in [1.165, 1.54) is 19.2 Å². The van der Waals surface area contributed by atoms with Gasteiger partial charge in [0.05, 0.1) is 52.0 Å². The number of ketones is 1. The molecule has 2 N–H and O–H groups in total. The molecule has 2 aliphatic rings. The zero-order valence-corrected chi connectivity index (χ0v) is 24.5. The summed E-state index contributed by atoms with van der Waals surface area (Å²) >= 11 is 12.5. The van der Waals surface area contributed by atoms with Gasteiger partial charge in [0.1, 0.15) is 11.4 Å². The number of Topliss-reactive ketones (excluding diaryl/α,β-unsaturated/α-hetero) is 1. The summed E-state index contributed by atoms with van der Waals surface area (Å²) in [5.74, 6) is -2.67. The van der Waals surface area contributed by atoms with Crippen LogP contribution in [0.4, 0.5) is 17.6 Å². The summed E-state index contributed by atoms with van der Waals surface area (Å²) < 4.78 is 64.9. The number of benzene rings is 1. The summed E-state index contributed by atoms with van der Waals surface area (Å²) in [6.45, 7) is 1.54. The third-order valence-corrected chi connectivity index (χ3v) is 9.11. The van der Waals surface area contributed by atoms with Gasteiger partial charge in [-0.3, -0.25) is 19.1 Å². The number of amides is 1. The molecule has 2 aliphatic carbocycles. The highest BCUT2D eigenvalue weighted by molar-refractivity contribution is 6.40. The van der Waals surface area contributed by atoms with Gasteiger partial charge in [-0.2, -0.15) is 18.3 Å². The predicted octanol–water partition coefficient (Wildman–Crippen LogP) is 7.08. The first-order chi connectivity index (χ1) is 19.6. The number of carbonyl (C=O) groups is 3. The van der Waals surface area contributed by atoms with Gasteiger partial charge in [0.2, 0.25) is 0 Å². The maximum atomic E-state index is 16.1. The maximum Gasteiger partial charge on any atom is 0.433 e. The molecule has 8 nitrogen and oxygen atoms in total. The normalized spacial score (nSPS) is 22.9. The molecule has 2 fully saturated rings. The van der Waals surface area contributed by atoms with Crippen molar-refractivity contribution in [2.24, 2.45) is 5.41 Å². The molecule has 0 spiro atoms. The highest BCUT2D eigenvalue weighted by Crippen LogP contribution is 2.44. The lowest BCUT2D eigenvalue weighted by Gasteiger charge is -2.34. The molecule has 0 aliphatic heterocycles. The molecule has 0 saturated heterocycles. The van der Waals surface area contributed by atoms with Crippen LogP contribution in [0.2, 0.25) is 10.0 Å². The van der Waals surface area contributed by atoms with Crippen LogP contribution in [0.5, 0.6) is 5.75 Å². The van der Waals surface area contributed by atoms with Crippen molar-refractivity contribution in [1.82, 2.24) is 15.1 Å². The lowest BCUT2D eigenvalue weighted by molar-refractivity contribution is -0.152. The molecule has 14 heteroatoms. The van der Waals surface area contributed by atoms with E-state index in [1.54, 1.807) is 6.92 Å². The summed E-state index contributed by atoms with van der Waals surface area (Å²) in [6, 6.07) is 0.450. The number of carboxylic acids is 1. The smallest absolute Gasteiger partial charge is 0.433 e. The second kappa shape index (κ2) is 12.0. The number of nitrogens with zero attached hydrogens (tertiary/aromatic N) is 2. The van der Waals surface area contributed by atoms with Crippen molar-refractivity contribution in [3.8, 4) is 5.75 Å². The molecule has 1 aromatic carbocycles. The van der Waals surface area contributed by atoms with E-state index < -0.39 is 64.7 Å². The maximum absolute atomic E-state index is 16.1. The fourth-order valence-electron chi connectivity index (χ4n) is 5.92. The first-order valence-corrected chi connectivity index (χ1v) is 14.3. The predicted molar refractivity (Wildman–Crippen MR) is 146 cm³/mol. The van der Waals surface area contributed by atoms with Crippen LogP contribution < -0.4 is 10.1 Å². The van der Waals surface area contributed by atoms with E-state index in [1.807, 2.05) is 0 Å². The lowest BCUT2D eigenvalue weighted by Crippen LogP contribution is -2.50. The van der Waals surface area contributed by atoms with Crippen LogP contribution in [-0.4, -0.2) is 51.4 Å². The van der Waals surface area contributed by atoms with Crippen molar-refractivity contribution < 1.29 is 41.8 Å². The molecular weight excluding hydrogens is 605 g/mol. The molecular formula is C28H31Cl2F4N3O5. The van der Waals surface area contributed by atoms with Crippen LogP contribution in [0.1, 0.15) is 97.2 Å². The van der Waals surface area contributed by atoms with Gasteiger partial charge in [0.25, 0.3) is 5.91 Å². The summed E-state index contributed by atoms with van der Waals surface area (Å²) in [5.41, 5.74) is -5.35. The molecule has 4 rings (SSSR count). The number of ether oxygens (including phenoxy) is 1. The number of alkyl halides is 4. The Bertz CT molecular complexity index is 1340. The van der Waals surface area contributed by atoms with E-state index in [4.69, 9.17) is 27.9 Å². The van der Waals surface area contributed by atoms with Crippen LogP contribution in [0.15, 0.2) is 18.3 Å². The summed E-state index contributed by atoms with van der Waals surface area (Å²) in [7, 11) is 1.38. The standard InChI is InChI=1S/C28H31Cl2F4N3O5/c1-26(25(40)41)9-5-15(6-10-26)37-23(28(32,33)34)17(14-35-37)24(39)36-21(27(31)7-3-4-8-27)13-20(38)22-18(29)11-16(42-2)12-19(22)30/h11-12,14-15,21H,3-10,13H2,1-2H3,(H,36,39)(H,40,41). The molecule has 1 unspecified atom stereocenters. The van der Waals surface area contributed by atoms with Crippen LogP contribution in [-0.2, 0) is 11.0 Å².